The molecule has 1 aliphatic heterocycles. The van der Waals surface area contributed by atoms with Gasteiger partial charge in [-0.1, -0.05) is 6.04 Å². The van der Waals surface area contributed by atoms with Gasteiger partial charge in [-0.2, -0.15) is 0 Å². The zero-order chi connectivity index (χ0) is 8.81. The Balaban J connectivity index is 1.97. The average molecular weight is 190 g/mol. The van der Waals surface area contributed by atoms with Gasteiger partial charge in [0.05, 0.1) is 6.61 Å². The van der Waals surface area contributed by atoms with E-state index in [1.807, 2.05) is 0 Å². The maximum absolute atomic E-state index is 10.4. The minimum Gasteiger partial charge on any atom is -0.430 e. The highest BCUT2D eigenvalue weighted by Crippen LogP contribution is 2.06. The lowest BCUT2D eigenvalue weighted by molar-refractivity contribution is 0.0463. The molecule has 0 aromatic heterocycles. The number of carbonyl (C=O) groups excluding carboxylic acids is 1. The molecule has 0 amide bonds. The van der Waals surface area contributed by atoms with Crippen LogP contribution >= 0.6 is 0 Å². The van der Waals surface area contributed by atoms with Crippen LogP contribution in [0.3, 0.4) is 0 Å². The van der Waals surface area contributed by atoms with Crippen LogP contribution in [0.2, 0.25) is 6.04 Å². The van der Waals surface area contributed by atoms with E-state index in [-0.39, 0.29) is 6.10 Å². The van der Waals surface area contributed by atoms with Crippen LogP contribution in [-0.2, 0) is 14.2 Å². The first-order valence-corrected chi connectivity index (χ1v) is 5.65. The van der Waals surface area contributed by atoms with Crippen molar-refractivity contribution in [2.75, 3.05) is 19.8 Å². The summed E-state index contributed by atoms with van der Waals surface area (Å²) < 4.78 is 14.6. The van der Waals surface area contributed by atoms with E-state index in [9.17, 15) is 4.79 Å². The van der Waals surface area contributed by atoms with Gasteiger partial charge in [0.2, 0.25) is 0 Å². The third kappa shape index (κ3) is 3.23. The fraction of sp³-hybridized carbons (Fsp3) is 0.857. The average Bonchev–Trinajstić information content (AvgIpc) is 2.45. The summed E-state index contributed by atoms with van der Waals surface area (Å²) in [6.07, 6.45) is 0.339. The maximum atomic E-state index is 10.4. The Morgan fingerprint density at radius 2 is 2.50 bits per heavy atom. The molecule has 0 radical (unpaired) electrons. The fourth-order valence-electron chi connectivity index (χ4n) is 0.908. The second kappa shape index (κ2) is 5.16. The predicted molar refractivity (Wildman–Crippen MR) is 46.4 cm³/mol. The minimum atomic E-state index is -0.577. The molecule has 4 nitrogen and oxygen atoms in total. The Morgan fingerprint density at radius 3 is 3.08 bits per heavy atom. The summed E-state index contributed by atoms with van der Waals surface area (Å²) in [5, 5.41) is 0. The van der Waals surface area contributed by atoms with Crippen molar-refractivity contribution in [2.45, 2.75) is 18.6 Å². The van der Waals surface area contributed by atoms with Crippen molar-refractivity contribution in [3.05, 3.63) is 0 Å². The molecule has 1 atom stereocenters. The van der Waals surface area contributed by atoms with Gasteiger partial charge in [-0.05, 0) is 6.42 Å². The number of ether oxygens (including phenoxy) is 3. The molecular formula is C7H14O4Si. The van der Waals surface area contributed by atoms with Gasteiger partial charge in [0.25, 0.3) is 0 Å². The van der Waals surface area contributed by atoms with Crippen molar-refractivity contribution in [3.63, 3.8) is 0 Å². The third-order valence-corrected chi connectivity index (χ3v) is 2.30. The van der Waals surface area contributed by atoms with Crippen LogP contribution < -0.4 is 0 Å². The zero-order valence-electron chi connectivity index (χ0n) is 7.25. The van der Waals surface area contributed by atoms with Crippen LogP contribution in [0.25, 0.3) is 0 Å². The summed E-state index contributed by atoms with van der Waals surface area (Å²) >= 11 is 0. The molecule has 0 N–H and O–H groups in total. The first-order chi connectivity index (χ1) is 5.83. The van der Waals surface area contributed by atoms with Crippen LogP contribution in [0.4, 0.5) is 4.79 Å². The van der Waals surface area contributed by atoms with Crippen molar-refractivity contribution in [2.24, 2.45) is 0 Å². The predicted octanol–water partition coefficient (Wildman–Crippen LogP) is -0.288. The summed E-state index contributed by atoms with van der Waals surface area (Å²) in [6.45, 7) is 1.56. The van der Waals surface area contributed by atoms with E-state index in [1.54, 1.807) is 0 Å². The molecule has 12 heavy (non-hydrogen) atoms. The lowest BCUT2D eigenvalue weighted by atomic mass is 10.4. The summed E-state index contributed by atoms with van der Waals surface area (Å²) in [5.74, 6) is 0. The molecule has 1 saturated heterocycles. The highest BCUT2D eigenvalue weighted by atomic mass is 28.1. The molecule has 1 unspecified atom stereocenters. The number of hydrogen-bond acceptors (Lipinski definition) is 4. The van der Waals surface area contributed by atoms with Crippen LogP contribution in [0.15, 0.2) is 0 Å². The maximum Gasteiger partial charge on any atom is 0.508 e. The minimum absolute atomic E-state index is 0.188. The van der Waals surface area contributed by atoms with Crippen LogP contribution in [-0.4, -0.2) is 42.3 Å². The summed E-state index contributed by atoms with van der Waals surface area (Å²) in [4.78, 5) is 10.4. The molecule has 0 spiro atoms. The van der Waals surface area contributed by atoms with Gasteiger partial charge in [-0.3, -0.25) is 0 Å². The fourth-order valence-corrected chi connectivity index (χ4v) is 1.20. The smallest absolute Gasteiger partial charge is 0.430 e. The second-order valence-electron chi connectivity index (χ2n) is 2.73. The number of carbonyl (C=O) groups is 1. The van der Waals surface area contributed by atoms with Gasteiger partial charge in [0, 0.05) is 16.8 Å². The van der Waals surface area contributed by atoms with Crippen molar-refractivity contribution in [3.8, 4) is 0 Å². The third-order valence-electron chi connectivity index (χ3n) is 1.60. The lowest BCUT2D eigenvalue weighted by Crippen LogP contribution is -2.18. The SMILES string of the molecule is O=C1OCC(COCCC[SiH3])O1. The van der Waals surface area contributed by atoms with E-state index in [4.69, 9.17) is 9.47 Å². The zero-order valence-corrected chi connectivity index (χ0v) is 9.25. The van der Waals surface area contributed by atoms with Gasteiger partial charge in [-0.25, -0.2) is 4.79 Å². The summed E-state index contributed by atoms with van der Waals surface area (Å²) in [7, 11) is 1.22. The molecule has 70 valence electrons. The van der Waals surface area contributed by atoms with E-state index in [1.165, 1.54) is 16.3 Å². The van der Waals surface area contributed by atoms with E-state index in [0.29, 0.717) is 13.2 Å². The number of hydrogen-bond donors (Lipinski definition) is 0. The molecule has 0 aliphatic carbocycles. The Bertz CT molecular complexity index is 150. The Kier molecular flexibility index (Phi) is 4.10. The normalized spacial score (nSPS) is 22.3. The van der Waals surface area contributed by atoms with Crippen LogP contribution in [0.1, 0.15) is 6.42 Å². The summed E-state index contributed by atoms with van der Waals surface area (Å²) in [6, 6.07) is 1.25. The standard InChI is InChI=1S/C7H14O4Si/c8-7-10-5-6(11-7)4-9-2-1-3-12/h6H,1-5H2,12H3. The molecule has 0 aromatic carbocycles. The molecule has 0 aromatic rings. The van der Waals surface area contributed by atoms with Gasteiger partial charge in [0.15, 0.2) is 6.10 Å². The Hall–Kier alpha value is -0.553. The van der Waals surface area contributed by atoms with Crippen LogP contribution in [0, 0.1) is 0 Å². The van der Waals surface area contributed by atoms with E-state index in [0.717, 1.165) is 13.0 Å². The van der Waals surface area contributed by atoms with Gasteiger partial charge >= 0.3 is 6.16 Å². The highest BCUT2D eigenvalue weighted by molar-refractivity contribution is 6.08. The molecule has 1 heterocycles. The quantitative estimate of drug-likeness (QED) is 0.339. The molecule has 1 rings (SSSR count). The molecule has 1 fully saturated rings. The molecule has 0 saturated carbocycles. The molecule has 5 heteroatoms. The summed E-state index contributed by atoms with van der Waals surface area (Å²) in [5.41, 5.74) is 0. The van der Waals surface area contributed by atoms with Crippen molar-refractivity contribution in [1.29, 1.82) is 0 Å². The van der Waals surface area contributed by atoms with Crippen LogP contribution in [0.5, 0.6) is 0 Å². The van der Waals surface area contributed by atoms with Crippen molar-refractivity contribution >= 4 is 16.4 Å². The first kappa shape index (κ1) is 9.53. The van der Waals surface area contributed by atoms with Gasteiger partial charge in [-0.15, -0.1) is 0 Å². The molecular weight excluding hydrogens is 176 g/mol. The number of cyclic esters (lactones) is 2. The highest BCUT2D eigenvalue weighted by Gasteiger charge is 2.24. The van der Waals surface area contributed by atoms with Crippen molar-refractivity contribution < 1.29 is 19.0 Å². The Morgan fingerprint density at radius 1 is 1.67 bits per heavy atom. The topological polar surface area (TPSA) is 44.8 Å². The first-order valence-electron chi connectivity index (χ1n) is 4.24. The Labute approximate surface area is 74.6 Å². The lowest BCUT2D eigenvalue weighted by Gasteiger charge is -2.06. The molecule has 0 bridgehead atoms. The molecule has 1 aliphatic rings. The second-order valence-corrected chi connectivity index (χ2v) is 3.73. The monoisotopic (exact) mass is 190 g/mol. The largest absolute Gasteiger partial charge is 0.508 e. The van der Waals surface area contributed by atoms with Gasteiger partial charge in [0.1, 0.15) is 6.61 Å². The van der Waals surface area contributed by atoms with E-state index in [2.05, 4.69) is 4.74 Å². The van der Waals surface area contributed by atoms with Gasteiger partial charge < -0.3 is 14.2 Å². The number of rotatable bonds is 5. The van der Waals surface area contributed by atoms with E-state index >= 15 is 0 Å². The van der Waals surface area contributed by atoms with Crippen molar-refractivity contribution in [1.82, 2.24) is 0 Å². The van der Waals surface area contributed by atoms with E-state index < -0.39 is 6.16 Å².